The summed E-state index contributed by atoms with van der Waals surface area (Å²) in [5.74, 6) is 0.519. The number of hydrogen-bond acceptors (Lipinski definition) is 8. The van der Waals surface area contributed by atoms with Crippen LogP contribution in [0.15, 0.2) is 83.0 Å². The molecule has 1 atom stereocenters. The number of phenolic OH excluding ortho intramolecular Hbond substituents is 1. The molecule has 3 aromatic rings. The molecule has 0 radical (unpaired) electrons. The van der Waals surface area contributed by atoms with E-state index in [1.54, 1.807) is 56.7 Å². The molecule has 0 aromatic heterocycles. The van der Waals surface area contributed by atoms with Crippen molar-refractivity contribution in [2.45, 2.75) is 11.7 Å². The van der Waals surface area contributed by atoms with Crippen LogP contribution >= 0.6 is 11.8 Å². The maximum Gasteiger partial charge on any atom is 0.247 e. The normalized spacial score (nSPS) is 16.5. The summed E-state index contributed by atoms with van der Waals surface area (Å²) in [5.41, 5.74) is 1.80. The number of amides is 2. The number of aromatic hydroxyl groups is 1. The molecule has 1 aliphatic heterocycles. The number of hydrogen-bond donors (Lipinski definition) is 2. The van der Waals surface area contributed by atoms with Crippen molar-refractivity contribution in [2.24, 2.45) is 10.2 Å². The number of carbonyl (C=O) groups excluding carboxylic acids is 2. The van der Waals surface area contributed by atoms with Gasteiger partial charge in [0.25, 0.3) is 0 Å². The van der Waals surface area contributed by atoms with Gasteiger partial charge in [0.2, 0.25) is 11.8 Å². The molecule has 0 bridgehead atoms. The number of phenols is 1. The van der Waals surface area contributed by atoms with Crippen molar-refractivity contribution in [1.82, 2.24) is 0 Å². The fourth-order valence-electron chi connectivity index (χ4n) is 3.52. The predicted octanol–water partition coefficient (Wildman–Crippen LogP) is 4.28. The first-order valence-corrected chi connectivity index (χ1v) is 11.8. The standard InChI is InChI=1S/C26H24N4O5S/c1-34-21-12-11-17(13-22(21)35-2)16-27-29-26-30(19-9-6-10-20(31)14-19)25(33)23(36-26)15-24(32)28-18-7-4-3-5-8-18/h3-14,16,23,31H,15H2,1-2H3,(H,28,32)/b27-16-,29-26-/t23-/m0/s1. The Kier molecular flexibility index (Phi) is 7.86. The Balaban J connectivity index is 1.57. The summed E-state index contributed by atoms with van der Waals surface area (Å²) in [6.45, 7) is 0. The van der Waals surface area contributed by atoms with Crippen LogP contribution in [0, 0.1) is 0 Å². The van der Waals surface area contributed by atoms with Crippen LogP contribution in [0.3, 0.4) is 0 Å². The van der Waals surface area contributed by atoms with Crippen LogP contribution in [0.5, 0.6) is 17.2 Å². The summed E-state index contributed by atoms with van der Waals surface area (Å²) in [4.78, 5) is 27.2. The lowest BCUT2D eigenvalue weighted by Gasteiger charge is -2.16. The second kappa shape index (κ2) is 11.4. The van der Waals surface area contributed by atoms with Crippen molar-refractivity contribution in [3.63, 3.8) is 0 Å². The third kappa shape index (κ3) is 5.84. The zero-order chi connectivity index (χ0) is 25.5. The van der Waals surface area contributed by atoms with E-state index in [0.717, 1.165) is 11.8 Å². The van der Waals surface area contributed by atoms with Gasteiger partial charge in [0.1, 0.15) is 11.0 Å². The highest BCUT2D eigenvalue weighted by molar-refractivity contribution is 8.16. The summed E-state index contributed by atoms with van der Waals surface area (Å²) in [5, 5.41) is 20.7. The van der Waals surface area contributed by atoms with Gasteiger partial charge >= 0.3 is 0 Å². The van der Waals surface area contributed by atoms with Crippen LogP contribution in [-0.2, 0) is 9.59 Å². The second-order valence-corrected chi connectivity index (χ2v) is 8.83. The first-order valence-electron chi connectivity index (χ1n) is 11.0. The number of nitrogens with one attached hydrogen (secondary N) is 1. The molecule has 3 aromatic carbocycles. The fraction of sp³-hybridized carbons (Fsp3) is 0.154. The van der Waals surface area contributed by atoms with Gasteiger partial charge in [0.15, 0.2) is 16.7 Å². The maximum atomic E-state index is 13.3. The topological polar surface area (TPSA) is 113 Å². The Morgan fingerprint density at radius 2 is 1.83 bits per heavy atom. The van der Waals surface area contributed by atoms with Gasteiger partial charge in [-0.3, -0.25) is 14.5 Å². The van der Waals surface area contributed by atoms with Gasteiger partial charge in [-0.1, -0.05) is 36.0 Å². The molecule has 0 unspecified atom stereocenters. The monoisotopic (exact) mass is 504 g/mol. The Labute approximate surface area is 212 Å². The highest BCUT2D eigenvalue weighted by atomic mass is 32.2. The van der Waals surface area contributed by atoms with Crippen molar-refractivity contribution < 1.29 is 24.2 Å². The van der Waals surface area contributed by atoms with Crippen LogP contribution in [0.4, 0.5) is 11.4 Å². The minimum Gasteiger partial charge on any atom is -0.508 e. The molecular weight excluding hydrogens is 480 g/mol. The molecule has 0 aliphatic carbocycles. The lowest BCUT2D eigenvalue weighted by Crippen LogP contribution is -2.33. The van der Waals surface area contributed by atoms with Crippen molar-refractivity contribution in [1.29, 1.82) is 0 Å². The average molecular weight is 505 g/mol. The van der Waals surface area contributed by atoms with Crippen molar-refractivity contribution in [3.8, 4) is 17.2 Å². The van der Waals surface area contributed by atoms with Gasteiger partial charge in [-0.05, 0) is 48.0 Å². The zero-order valence-corrected chi connectivity index (χ0v) is 20.4. The predicted molar refractivity (Wildman–Crippen MR) is 141 cm³/mol. The quantitative estimate of drug-likeness (QED) is 0.350. The molecule has 0 saturated carbocycles. The molecular formula is C26H24N4O5S. The molecule has 1 aliphatic rings. The number of benzene rings is 3. The summed E-state index contributed by atoms with van der Waals surface area (Å²) < 4.78 is 10.6. The third-order valence-electron chi connectivity index (χ3n) is 5.21. The van der Waals surface area contributed by atoms with E-state index in [4.69, 9.17) is 9.47 Å². The van der Waals surface area contributed by atoms with Crippen LogP contribution in [0.25, 0.3) is 0 Å². The molecule has 2 amide bonds. The second-order valence-electron chi connectivity index (χ2n) is 7.66. The van der Waals surface area contributed by atoms with E-state index in [0.29, 0.717) is 33.6 Å². The Morgan fingerprint density at radius 3 is 2.56 bits per heavy atom. The molecule has 0 spiro atoms. The molecule has 1 saturated heterocycles. The van der Waals surface area contributed by atoms with Crippen molar-refractivity contribution in [3.05, 3.63) is 78.4 Å². The van der Waals surface area contributed by atoms with E-state index >= 15 is 0 Å². The lowest BCUT2D eigenvalue weighted by atomic mass is 10.2. The number of thioether (sulfide) groups is 1. The Hall–Kier alpha value is -4.31. The number of rotatable bonds is 8. The number of nitrogens with zero attached hydrogens (tertiary/aromatic N) is 3. The first kappa shape index (κ1) is 24.8. The number of amidine groups is 1. The molecule has 9 nitrogen and oxygen atoms in total. The summed E-state index contributed by atoms with van der Waals surface area (Å²) in [7, 11) is 3.10. The molecule has 184 valence electrons. The van der Waals surface area contributed by atoms with Crippen molar-refractivity contribution >= 4 is 46.3 Å². The lowest BCUT2D eigenvalue weighted by molar-refractivity contribution is -0.121. The van der Waals surface area contributed by atoms with Crippen LogP contribution in [-0.4, -0.2) is 47.8 Å². The van der Waals surface area contributed by atoms with Gasteiger partial charge < -0.3 is 19.9 Å². The molecule has 10 heteroatoms. The highest BCUT2D eigenvalue weighted by Gasteiger charge is 2.40. The van der Waals surface area contributed by atoms with E-state index in [-0.39, 0.29) is 24.0 Å². The van der Waals surface area contributed by atoms with Crippen LogP contribution < -0.4 is 19.7 Å². The minimum atomic E-state index is -0.703. The van der Waals surface area contributed by atoms with E-state index in [9.17, 15) is 14.7 Å². The van der Waals surface area contributed by atoms with Gasteiger partial charge in [0, 0.05) is 18.2 Å². The largest absolute Gasteiger partial charge is 0.508 e. The fourth-order valence-corrected chi connectivity index (χ4v) is 4.61. The maximum absolute atomic E-state index is 13.3. The molecule has 1 heterocycles. The van der Waals surface area contributed by atoms with E-state index in [2.05, 4.69) is 15.5 Å². The highest BCUT2D eigenvalue weighted by Crippen LogP contribution is 2.35. The number of anilines is 2. The third-order valence-corrected chi connectivity index (χ3v) is 6.34. The zero-order valence-electron chi connectivity index (χ0n) is 19.6. The molecule has 4 rings (SSSR count). The van der Waals surface area contributed by atoms with Gasteiger partial charge in [-0.25, -0.2) is 0 Å². The summed E-state index contributed by atoms with van der Waals surface area (Å²) >= 11 is 1.14. The van der Waals surface area contributed by atoms with E-state index < -0.39 is 5.25 Å². The molecule has 36 heavy (non-hydrogen) atoms. The van der Waals surface area contributed by atoms with Gasteiger partial charge in [0.05, 0.1) is 26.1 Å². The SMILES string of the molecule is COc1ccc(/C=N\N=C2/S[C@@H](CC(=O)Nc3ccccc3)C(=O)N2c2cccc(O)c2)cc1OC. The van der Waals surface area contributed by atoms with Crippen molar-refractivity contribution in [2.75, 3.05) is 24.4 Å². The summed E-state index contributed by atoms with van der Waals surface area (Å²) in [6.07, 6.45) is 1.47. The number of para-hydroxylation sites is 1. The number of carbonyl (C=O) groups is 2. The molecule has 1 fully saturated rings. The average Bonchev–Trinajstić information content (AvgIpc) is 3.18. The Bertz CT molecular complexity index is 1310. The van der Waals surface area contributed by atoms with Crippen LogP contribution in [0.1, 0.15) is 12.0 Å². The minimum absolute atomic E-state index is 0.00347. The number of ether oxygens (including phenoxy) is 2. The van der Waals surface area contributed by atoms with E-state index in [1.807, 2.05) is 18.2 Å². The first-order chi connectivity index (χ1) is 17.5. The summed E-state index contributed by atoms with van der Waals surface area (Å²) in [6, 6.07) is 20.6. The Morgan fingerprint density at radius 1 is 1.06 bits per heavy atom. The van der Waals surface area contributed by atoms with Gasteiger partial charge in [-0.15, -0.1) is 5.10 Å². The van der Waals surface area contributed by atoms with E-state index in [1.165, 1.54) is 23.2 Å². The molecule has 2 N–H and O–H groups in total. The smallest absolute Gasteiger partial charge is 0.247 e. The van der Waals surface area contributed by atoms with Crippen LogP contribution in [0.2, 0.25) is 0 Å². The number of methoxy groups -OCH3 is 2. The van der Waals surface area contributed by atoms with Gasteiger partial charge in [-0.2, -0.15) is 5.10 Å².